The maximum Gasteiger partial charge on any atom is 0.0446 e. The summed E-state index contributed by atoms with van der Waals surface area (Å²) in [6.07, 6.45) is 1.10. The van der Waals surface area contributed by atoms with Crippen LogP contribution in [0.4, 0.5) is 11.4 Å². The minimum absolute atomic E-state index is 0.0433. The summed E-state index contributed by atoms with van der Waals surface area (Å²) in [5.74, 6) is 0. The number of halogens is 1. The molecule has 2 aromatic carbocycles. The van der Waals surface area contributed by atoms with Gasteiger partial charge in [-0.3, -0.25) is 0 Å². The molecule has 2 nitrogen and oxygen atoms in total. The number of nitrogens with zero attached hydrogens (tertiary/aromatic N) is 1. The minimum Gasteiger partial charge on any atom is -0.338 e. The number of nitrogens with two attached hydrogens (primary N) is 1. The molecule has 0 saturated carbocycles. The summed E-state index contributed by atoms with van der Waals surface area (Å²) in [6, 6.07) is 15.6. The summed E-state index contributed by atoms with van der Waals surface area (Å²) in [6.45, 7) is 4.28. The Labute approximate surface area is 128 Å². The average molecular weight is 331 g/mol. The third kappa shape index (κ3) is 2.25. The molecule has 0 radical (unpaired) electrons. The monoisotopic (exact) mass is 330 g/mol. The number of para-hydroxylation sites is 1. The summed E-state index contributed by atoms with van der Waals surface area (Å²) in [5, 5.41) is 0. The van der Waals surface area contributed by atoms with Gasteiger partial charge in [0.25, 0.3) is 0 Å². The number of benzene rings is 2. The predicted octanol–water partition coefficient (Wildman–Crippen LogP) is 4.55. The van der Waals surface area contributed by atoms with Crippen molar-refractivity contribution in [2.45, 2.75) is 32.4 Å². The first-order valence-electron chi connectivity index (χ1n) is 7.00. The molecule has 0 saturated heterocycles. The fourth-order valence-corrected chi connectivity index (χ4v) is 3.72. The Morgan fingerprint density at radius 2 is 2.00 bits per heavy atom. The number of fused-ring (bicyclic) bond motifs is 1. The van der Waals surface area contributed by atoms with E-state index in [0.29, 0.717) is 6.04 Å². The number of rotatable bonds is 2. The van der Waals surface area contributed by atoms with Crippen LogP contribution in [0.15, 0.2) is 46.9 Å². The van der Waals surface area contributed by atoms with E-state index in [1.165, 1.54) is 16.9 Å². The lowest BCUT2D eigenvalue weighted by atomic mass is 10.1. The van der Waals surface area contributed by atoms with Gasteiger partial charge in [0, 0.05) is 27.9 Å². The fraction of sp³-hybridized carbons (Fsp3) is 0.294. The zero-order chi connectivity index (χ0) is 14.3. The van der Waals surface area contributed by atoms with Crippen molar-refractivity contribution in [2.24, 2.45) is 5.73 Å². The Morgan fingerprint density at radius 1 is 1.25 bits per heavy atom. The van der Waals surface area contributed by atoms with E-state index in [0.717, 1.165) is 16.5 Å². The lowest BCUT2D eigenvalue weighted by Crippen LogP contribution is -2.24. The van der Waals surface area contributed by atoms with Gasteiger partial charge in [-0.1, -0.05) is 40.2 Å². The molecule has 104 valence electrons. The summed E-state index contributed by atoms with van der Waals surface area (Å²) in [7, 11) is 0. The smallest absolute Gasteiger partial charge is 0.0446 e. The molecule has 2 N–H and O–H groups in total. The second kappa shape index (κ2) is 5.23. The molecule has 0 aliphatic carbocycles. The van der Waals surface area contributed by atoms with Gasteiger partial charge in [-0.15, -0.1) is 0 Å². The van der Waals surface area contributed by atoms with Crippen molar-refractivity contribution in [1.82, 2.24) is 0 Å². The molecule has 3 heteroatoms. The van der Waals surface area contributed by atoms with Crippen LogP contribution in [0.2, 0.25) is 0 Å². The van der Waals surface area contributed by atoms with Crippen molar-refractivity contribution in [3.8, 4) is 0 Å². The van der Waals surface area contributed by atoms with Gasteiger partial charge in [-0.25, -0.2) is 0 Å². The summed E-state index contributed by atoms with van der Waals surface area (Å²) in [5.41, 5.74) is 11.1. The molecule has 0 spiro atoms. The summed E-state index contributed by atoms with van der Waals surface area (Å²) >= 11 is 3.65. The molecule has 1 aliphatic heterocycles. The Hall–Kier alpha value is -1.32. The van der Waals surface area contributed by atoms with Crippen molar-refractivity contribution >= 4 is 27.3 Å². The van der Waals surface area contributed by atoms with Crippen LogP contribution >= 0.6 is 15.9 Å². The zero-order valence-electron chi connectivity index (χ0n) is 11.8. The van der Waals surface area contributed by atoms with E-state index >= 15 is 0 Å². The van der Waals surface area contributed by atoms with Crippen molar-refractivity contribution in [3.05, 3.63) is 58.1 Å². The molecule has 20 heavy (non-hydrogen) atoms. The second-order valence-electron chi connectivity index (χ2n) is 5.55. The first-order valence-corrected chi connectivity index (χ1v) is 7.79. The standard InChI is InChI=1S/C17H19BrN2/c1-11-9-13-5-3-4-6-17(13)20(11)14-7-8-15(12(2)19)16(18)10-14/h3-8,10-12H,9,19H2,1-2H3/t11?,12-/m0/s1. The van der Waals surface area contributed by atoms with Gasteiger partial charge < -0.3 is 10.6 Å². The first-order chi connectivity index (χ1) is 9.58. The maximum absolute atomic E-state index is 5.98. The van der Waals surface area contributed by atoms with Crippen LogP contribution in [-0.2, 0) is 6.42 Å². The van der Waals surface area contributed by atoms with E-state index in [2.05, 4.69) is 70.2 Å². The van der Waals surface area contributed by atoms with E-state index in [1.54, 1.807) is 0 Å². The largest absolute Gasteiger partial charge is 0.338 e. The second-order valence-corrected chi connectivity index (χ2v) is 6.40. The van der Waals surface area contributed by atoms with E-state index in [-0.39, 0.29) is 6.04 Å². The predicted molar refractivity (Wildman–Crippen MR) is 88.5 cm³/mol. The zero-order valence-corrected chi connectivity index (χ0v) is 13.4. The molecule has 0 fully saturated rings. The van der Waals surface area contributed by atoms with Gasteiger partial charge in [0.1, 0.15) is 0 Å². The molecule has 2 atom stereocenters. The SMILES string of the molecule is CC1Cc2ccccc2N1c1ccc([C@H](C)N)c(Br)c1. The highest BCUT2D eigenvalue weighted by Crippen LogP contribution is 2.39. The number of hydrogen-bond donors (Lipinski definition) is 1. The van der Waals surface area contributed by atoms with Crippen molar-refractivity contribution in [1.29, 1.82) is 0 Å². The van der Waals surface area contributed by atoms with Gasteiger partial charge in [0.2, 0.25) is 0 Å². The van der Waals surface area contributed by atoms with Crippen LogP contribution in [0.3, 0.4) is 0 Å². The lowest BCUT2D eigenvalue weighted by Gasteiger charge is -2.26. The van der Waals surface area contributed by atoms with Gasteiger partial charge >= 0.3 is 0 Å². The van der Waals surface area contributed by atoms with Crippen LogP contribution in [0.25, 0.3) is 0 Å². The topological polar surface area (TPSA) is 29.3 Å². The number of anilines is 2. The molecule has 1 aliphatic rings. The Balaban J connectivity index is 2.03. The van der Waals surface area contributed by atoms with Gasteiger partial charge in [-0.2, -0.15) is 0 Å². The first kappa shape index (κ1) is 13.7. The van der Waals surface area contributed by atoms with E-state index < -0.39 is 0 Å². The normalized spacial score (nSPS) is 19.0. The molecule has 2 aromatic rings. The highest BCUT2D eigenvalue weighted by Gasteiger charge is 2.27. The average Bonchev–Trinajstić information content (AvgIpc) is 2.73. The summed E-state index contributed by atoms with van der Waals surface area (Å²) < 4.78 is 1.08. The Bertz CT molecular complexity index is 637. The molecular weight excluding hydrogens is 312 g/mol. The quantitative estimate of drug-likeness (QED) is 0.875. The third-order valence-electron chi connectivity index (χ3n) is 3.96. The highest BCUT2D eigenvalue weighted by atomic mass is 79.9. The fourth-order valence-electron chi connectivity index (χ4n) is 2.99. The molecule has 0 bridgehead atoms. The van der Waals surface area contributed by atoms with Crippen LogP contribution in [0.1, 0.15) is 31.0 Å². The Morgan fingerprint density at radius 3 is 2.70 bits per heavy atom. The van der Waals surface area contributed by atoms with Gasteiger partial charge in [0.15, 0.2) is 0 Å². The third-order valence-corrected chi connectivity index (χ3v) is 4.65. The molecule has 0 amide bonds. The van der Waals surface area contributed by atoms with Crippen molar-refractivity contribution in [2.75, 3.05) is 4.90 Å². The molecule has 0 aromatic heterocycles. The maximum atomic E-state index is 5.98. The molecule has 3 rings (SSSR count). The van der Waals surface area contributed by atoms with E-state index in [1.807, 2.05) is 6.92 Å². The van der Waals surface area contributed by atoms with Crippen LogP contribution in [-0.4, -0.2) is 6.04 Å². The van der Waals surface area contributed by atoms with Crippen LogP contribution < -0.4 is 10.6 Å². The number of hydrogen-bond acceptors (Lipinski definition) is 2. The van der Waals surface area contributed by atoms with Gasteiger partial charge in [0.05, 0.1) is 0 Å². The van der Waals surface area contributed by atoms with Crippen LogP contribution in [0.5, 0.6) is 0 Å². The van der Waals surface area contributed by atoms with E-state index in [9.17, 15) is 0 Å². The minimum atomic E-state index is 0.0433. The highest BCUT2D eigenvalue weighted by molar-refractivity contribution is 9.10. The Kier molecular flexibility index (Phi) is 3.57. The lowest BCUT2D eigenvalue weighted by molar-refractivity contribution is 0.757. The molecule has 1 unspecified atom stereocenters. The molecule has 1 heterocycles. The van der Waals surface area contributed by atoms with Crippen LogP contribution in [0, 0.1) is 0 Å². The van der Waals surface area contributed by atoms with Crippen molar-refractivity contribution < 1.29 is 0 Å². The van der Waals surface area contributed by atoms with Gasteiger partial charge in [-0.05, 0) is 49.6 Å². The summed E-state index contributed by atoms with van der Waals surface area (Å²) in [4.78, 5) is 2.41. The van der Waals surface area contributed by atoms with E-state index in [4.69, 9.17) is 5.73 Å². The van der Waals surface area contributed by atoms with Crippen molar-refractivity contribution in [3.63, 3.8) is 0 Å². The molecular formula is C17H19BrN2.